The number of carbonyl (C=O) groups excluding carboxylic acids is 1. The first kappa shape index (κ1) is 17.5. The van der Waals surface area contributed by atoms with Crippen molar-refractivity contribution in [2.45, 2.75) is 12.8 Å². The minimum Gasteiger partial charge on any atom is -0.459 e. The summed E-state index contributed by atoms with van der Waals surface area (Å²) in [5.74, 6) is 0.915. The Balaban J connectivity index is 1.61. The maximum absolute atomic E-state index is 12.6. The molecule has 1 aromatic heterocycles. The Kier molecular flexibility index (Phi) is 5.92. The van der Waals surface area contributed by atoms with Gasteiger partial charge in [0.1, 0.15) is 0 Å². The average molecular weight is 335 g/mol. The van der Waals surface area contributed by atoms with Crippen LogP contribution >= 0.6 is 0 Å². The van der Waals surface area contributed by atoms with Gasteiger partial charge in [-0.25, -0.2) is 0 Å². The van der Waals surface area contributed by atoms with Crippen LogP contribution in [0.2, 0.25) is 0 Å². The van der Waals surface area contributed by atoms with Gasteiger partial charge in [-0.05, 0) is 56.9 Å². The number of carbonyl (C=O) groups is 1. The highest BCUT2D eigenvalue weighted by Gasteiger charge is 2.32. The van der Waals surface area contributed by atoms with Gasteiger partial charge >= 0.3 is 0 Å². The van der Waals surface area contributed by atoms with E-state index in [1.165, 1.54) is 12.7 Å². The van der Waals surface area contributed by atoms with Gasteiger partial charge in [-0.3, -0.25) is 4.79 Å². The smallest absolute Gasteiger partial charge is 0.289 e. The summed E-state index contributed by atoms with van der Waals surface area (Å²) in [4.78, 5) is 19.3. The summed E-state index contributed by atoms with van der Waals surface area (Å²) in [7, 11) is 2.18. The molecule has 3 heterocycles. The highest BCUT2D eigenvalue weighted by molar-refractivity contribution is 5.91. The number of hydrogen-bond acceptors (Lipinski definition) is 5. The van der Waals surface area contributed by atoms with E-state index in [1.807, 2.05) is 4.90 Å². The minimum atomic E-state index is -0.0567. The van der Waals surface area contributed by atoms with Crippen LogP contribution in [0.25, 0.3) is 0 Å². The topological polar surface area (TPSA) is 60.2 Å². The number of piperidine rings is 1. The van der Waals surface area contributed by atoms with E-state index in [2.05, 4.69) is 16.8 Å². The van der Waals surface area contributed by atoms with E-state index in [-0.39, 0.29) is 18.4 Å². The molecule has 2 saturated heterocycles. The van der Waals surface area contributed by atoms with Crippen LogP contribution in [0.4, 0.5) is 0 Å². The third kappa shape index (κ3) is 4.37. The van der Waals surface area contributed by atoms with Crippen LogP contribution in [0.15, 0.2) is 22.8 Å². The summed E-state index contributed by atoms with van der Waals surface area (Å²) in [5, 5.41) is 9.64. The summed E-state index contributed by atoms with van der Waals surface area (Å²) in [6, 6.07) is 3.45. The van der Waals surface area contributed by atoms with E-state index in [0.717, 1.165) is 45.7 Å². The molecular formula is C18H29N3O3. The first-order valence-electron chi connectivity index (χ1n) is 9.00. The predicted molar refractivity (Wildman–Crippen MR) is 91.8 cm³/mol. The highest BCUT2D eigenvalue weighted by Crippen LogP contribution is 2.24. The second-order valence-corrected chi connectivity index (χ2v) is 7.30. The van der Waals surface area contributed by atoms with Gasteiger partial charge in [0.05, 0.1) is 6.26 Å². The summed E-state index contributed by atoms with van der Waals surface area (Å²) in [6.07, 6.45) is 3.72. The van der Waals surface area contributed by atoms with Gasteiger partial charge < -0.3 is 24.2 Å². The van der Waals surface area contributed by atoms with Gasteiger partial charge in [0.2, 0.25) is 0 Å². The lowest BCUT2D eigenvalue weighted by molar-refractivity contribution is 0.0428. The van der Waals surface area contributed by atoms with Gasteiger partial charge in [-0.2, -0.15) is 0 Å². The molecule has 1 aromatic rings. The summed E-state index contributed by atoms with van der Waals surface area (Å²) >= 11 is 0. The van der Waals surface area contributed by atoms with Crippen LogP contribution in [0.1, 0.15) is 23.4 Å². The highest BCUT2D eigenvalue weighted by atomic mass is 16.3. The Morgan fingerprint density at radius 3 is 2.83 bits per heavy atom. The van der Waals surface area contributed by atoms with Crippen LogP contribution in [0.3, 0.4) is 0 Å². The molecule has 0 spiro atoms. The third-order valence-electron chi connectivity index (χ3n) is 5.23. The van der Waals surface area contributed by atoms with Crippen molar-refractivity contribution in [3.8, 4) is 0 Å². The lowest BCUT2D eigenvalue weighted by atomic mass is 9.89. The molecule has 2 aliphatic heterocycles. The summed E-state index contributed by atoms with van der Waals surface area (Å²) in [6.45, 7) is 6.99. The number of hydrogen-bond donors (Lipinski definition) is 1. The maximum Gasteiger partial charge on any atom is 0.289 e. The summed E-state index contributed by atoms with van der Waals surface area (Å²) in [5.41, 5.74) is 0. The van der Waals surface area contributed by atoms with Crippen molar-refractivity contribution in [3.63, 3.8) is 0 Å². The molecule has 3 rings (SSSR count). The van der Waals surface area contributed by atoms with Crippen molar-refractivity contribution in [3.05, 3.63) is 24.2 Å². The largest absolute Gasteiger partial charge is 0.459 e. The Hall–Kier alpha value is -1.37. The molecule has 0 saturated carbocycles. The molecule has 2 atom stereocenters. The molecule has 134 valence electrons. The lowest BCUT2D eigenvalue weighted by Gasteiger charge is -2.38. The molecule has 6 nitrogen and oxygen atoms in total. The van der Waals surface area contributed by atoms with Gasteiger partial charge in [0.25, 0.3) is 5.91 Å². The minimum absolute atomic E-state index is 0.0567. The molecule has 1 amide bonds. The summed E-state index contributed by atoms with van der Waals surface area (Å²) < 4.78 is 5.26. The number of furan rings is 1. The number of likely N-dealkylation sites (N-methyl/N-ethyl adjacent to an activating group) is 1. The van der Waals surface area contributed by atoms with E-state index < -0.39 is 0 Å². The molecule has 0 aliphatic carbocycles. The standard InChI is InChI=1S/C18H29N3O3/c1-19-5-3-6-20(8-7-19)11-15-10-16(14-22)13-21(12-15)18(23)17-4-2-9-24-17/h2,4,9,15-16,22H,3,5-8,10-14H2,1H3/t15-,16-/m1/s1. The van der Waals surface area contributed by atoms with Crippen LogP contribution in [0, 0.1) is 11.8 Å². The number of aliphatic hydroxyl groups is 1. The molecule has 0 aromatic carbocycles. The monoisotopic (exact) mass is 335 g/mol. The van der Waals surface area contributed by atoms with Crippen molar-refractivity contribution in [2.24, 2.45) is 11.8 Å². The zero-order valence-electron chi connectivity index (χ0n) is 14.6. The van der Waals surface area contributed by atoms with Gasteiger partial charge in [-0.1, -0.05) is 0 Å². The third-order valence-corrected chi connectivity index (χ3v) is 5.23. The molecule has 24 heavy (non-hydrogen) atoms. The predicted octanol–water partition coefficient (Wildman–Crippen LogP) is 0.988. The average Bonchev–Trinajstić information content (AvgIpc) is 3.05. The second-order valence-electron chi connectivity index (χ2n) is 7.30. The van der Waals surface area contributed by atoms with Crippen LogP contribution in [-0.4, -0.2) is 85.2 Å². The van der Waals surface area contributed by atoms with Crippen molar-refractivity contribution < 1.29 is 14.3 Å². The SMILES string of the molecule is CN1CCCN(C[C@H]2C[C@@H](CO)CN(C(=O)c3ccco3)C2)CC1. The Bertz CT molecular complexity index is 520. The Morgan fingerprint density at radius 2 is 2.08 bits per heavy atom. The number of nitrogens with zero attached hydrogens (tertiary/aromatic N) is 3. The van der Waals surface area contributed by atoms with Crippen LogP contribution in [-0.2, 0) is 0 Å². The van der Waals surface area contributed by atoms with E-state index in [1.54, 1.807) is 12.1 Å². The fraction of sp³-hybridized carbons (Fsp3) is 0.722. The zero-order valence-corrected chi connectivity index (χ0v) is 14.6. The van der Waals surface area contributed by atoms with Crippen molar-refractivity contribution in [2.75, 3.05) is 59.5 Å². The Labute approximate surface area is 144 Å². The number of aliphatic hydroxyl groups excluding tert-OH is 1. The van der Waals surface area contributed by atoms with Crippen LogP contribution < -0.4 is 0 Å². The maximum atomic E-state index is 12.6. The first-order chi connectivity index (χ1) is 11.7. The van der Waals surface area contributed by atoms with E-state index in [9.17, 15) is 9.90 Å². The molecule has 0 radical (unpaired) electrons. The van der Waals surface area contributed by atoms with Crippen LogP contribution in [0.5, 0.6) is 0 Å². The molecule has 0 unspecified atom stereocenters. The zero-order chi connectivity index (χ0) is 16.9. The molecule has 6 heteroatoms. The molecule has 0 bridgehead atoms. The van der Waals surface area contributed by atoms with E-state index >= 15 is 0 Å². The number of likely N-dealkylation sites (tertiary alicyclic amines) is 1. The molecule has 2 aliphatic rings. The van der Waals surface area contributed by atoms with Crippen molar-refractivity contribution >= 4 is 5.91 Å². The normalized spacial score (nSPS) is 27.2. The molecule has 1 N–H and O–H groups in total. The lowest BCUT2D eigenvalue weighted by Crippen LogP contribution is -2.48. The fourth-order valence-corrected chi connectivity index (χ4v) is 3.95. The van der Waals surface area contributed by atoms with Gasteiger partial charge in [0.15, 0.2) is 5.76 Å². The van der Waals surface area contributed by atoms with E-state index in [0.29, 0.717) is 18.2 Å². The van der Waals surface area contributed by atoms with Gasteiger partial charge in [0, 0.05) is 39.3 Å². The molecular weight excluding hydrogens is 306 g/mol. The fourth-order valence-electron chi connectivity index (χ4n) is 3.95. The first-order valence-corrected chi connectivity index (χ1v) is 9.00. The van der Waals surface area contributed by atoms with Crippen molar-refractivity contribution in [1.82, 2.24) is 14.7 Å². The number of rotatable bonds is 4. The quantitative estimate of drug-likeness (QED) is 0.889. The Morgan fingerprint density at radius 1 is 1.25 bits per heavy atom. The second kappa shape index (κ2) is 8.14. The number of amides is 1. The van der Waals surface area contributed by atoms with Gasteiger partial charge in [-0.15, -0.1) is 0 Å². The molecule has 2 fully saturated rings. The van der Waals surface area contributed by atoms with E-state index in [4.69, 9.17) is 4.42 Å². The van der Waals surface area contributed by atoms with Crippen molar-refractivity contribution in [1.29, 1.82) is 0 Å².